The fraction of sp³-hybridized carbons (Fsp3) is 0.533. The number of hydrogen-bond acceptors (Lipinski definition) is 3. The average Bonchev–Trinajstić information content (AvgIpc) is 3.21. The summed E-state index contributed by atoms with van der Waals surface area (Å²) < 4.78 is 0. The third kappa shape index (κ3) is 4.91. The van der Waals surface area contributed by atoms with Gasteiger partial charge in [-0.25, -0.2) is 0 Å². The van der Waals surface area contributed by atoms with E-state index in [0.29, 0.717) is 19.0 Å². The third-order valence-electron chi connectivity index (χ3n) is 3.30. The number of rotatable bonds is 7. The van der Waals surface area contributed by atoms with Crippen molar-refractivity contribution >= 4 is 11.6 Å². The Balaban J connectivity index is 1.67. The average molecular weight is 261 g/mol. The van der Waals surface area contributed by atoms with Gasteiger partial charge in [-0.1, -0.05) is 12.1 Å². The Morgan fingerprint density at radius 1 is 1.26 bits per heavy atom. The van der Waals surface area contributed by atoms with E-state index in [2.05, 4.69) is 39.8 Å². The second-order valence-electron chi connectivity index (χ2n) is 5.32. The number of nitrogens with one attached hydrogen (secondary N) is 2. The molecule has 0 aromatic heterocycles. The highest BCUT2D eigenvalue weighted by molar-refractivity contribution is 5.76. The van der Waals surface area contributed by atoms with Crippen molar-refractivity contribution in [1.82, 2.24) is 10.6 Å². The van der Waals surface area contributed by atoms with Crippen LogP contribution in [0.25, 0.3) is 0 Å². The van der Waals surface area contributed by atoms with Crippen LogP contribution in [0.4, 0.5) is 5.69 Å². The topological polar surface area (TPSA) is 44.4 Å². The summed E-state index contributed by atoms with van der Waals surface area (Å²) in [6, 6.07) is 8.91. The highest BCUT2D eigenvalue weighted by Crippen LogP contribution is 2.18. The van der Waals surface area contributed by atoms with Crippen LogP contribution in [0.3, 0.4) is 0 Å². The van der Waals surface area contributed by atoms with Crippen LogP contribution in [-0.2, 0) is 11.3 Å². The molecule has 0 radical (unpaired) electrons. The van der Waals surface area contributed by atoms with Crippen LogP contribution in [0.5, 0.6) is 0 Å². The van der Waals surface area contributed by atoms with Crippen LogP contribution in [0.2, 0.25) is 0 Å². The highest BCUT2D eigenvalue weighted by atomic mass is 16.1. The highest BCUT2D eigenvalue weighted by Gasteiger charge is 2.19. The lowest BCUT2D eigenvalue weighted by atomic mass is 10.2. The zero-order valence-electron chi connectivity index (χ0n) is 11.8. The Labute approximate surface area is 115 Å². The monoisotopic (exact) mass is 261 g/mol. The molecule has 4 nitrogen and oxygen atoms in total. The predicted octanol–water partition coefficient (Wildman–Crippen LogP) is 1.51. The Morgan fingerprint density at radius 2 is 1.95 bits per heavy atom. The van der Waals surface area contributed by atoms with E-state index in [4.69, 9.17) is 0 Å². The lowest BCUT2D eigenvalue weighted by molar-refractivity contribution is -0.121. The summed E-state index contributed by atoms with van der Waals surface area (Å²) in [4.78, 5) is 13.7. The van der Waals surface area contributed by atoms with Crippen LogP contribution in [0, 0.1) is 0 Å². The number of anilines is 1. The molecule has 1 amide bonds. The molecular formula is C15H23N3O. The van der Waals surface area contributed by atoms with E-state index in [0.717, 1.165) is 12.1 Å². The van der Waals surface area contributed by atoms with E-state index in [-0.39, 0.29) is 5.91 Å². The van der Waals surface area contributed by atoms with Gasteiger partial charge in [-0.15, -0.1) is 0 Å². The van der Waals surface area contributed by atoms with Crippen molar-refractivity contribution in [2.75, 3.05) is 25.5 Å². The fourth-order valence-corrected chi connectivity index (χ4v) is 1.88. The largest absolute Gasteiger partial charge is 0.378 e. The summed E-state index contributed by atoms with van der Waals surface area (Å²) in [6.07, 6.45) is 3.09. The maximum atomic E-state index is 11.6. The molecule has 0 saturated heterocycles. The Kier molecular flexibility index (Phi) is 4.80. The minimum Gasteiger partial charge on any atom is -0.378 e. The minimum absolute atomic E-state index is 0.116. The summed E-state index contributed by atoms with van der Waals surface area (Å²) >= 11 is 0. The summed E-state index contributed by atoms with van der Waals surface area (Å²) in [5.74, 6) is 0.116. The summed E-state index contributed by atoms with van der Waals surface area (Å²) in [5.41, 5.74) is 2.30. The predicted molar refractivity (Wildman–Crippen MR) is 78.3 cm³/mol. The van der Waals surface area contributed by atoms with Gasteiger partial charge in [-0.05, 0) is 30.5 Å². The first-order valence-corrected chi connectivity index (χ1v) is 6.91. The molecule has 0 heterocycles. The van der Waals surface area contributed by atoms with Crippen molar-refractivity contribution < 1.29 is 4.79 Å². The van der Waals surface area contributed by atoms with Crippen LogP contribution in [-0.4, -0.2) is 32.6 Å². The molecule has 1 saturated carbocycles. The molecule has 104 valence electrons. The molecule has 1 aromatic rings. The zero-order valence-corrected chi connectivity index (χ0v) is 11.8. The van der Waals surface area contributed by atoms with Crippen molar-refractivity contribution in [3.05, 3.63) is 29.8 Å². The van der Waals surface area contributed by atoms with Crippen LogP contribution < -0.4 is 15.5 Å². The molecule has 4 heteroatoms. The second-order valence-corrected chi connectivity index (χ2v) is 5.32. The van der Waals surface area contributed by atoms with E-state index in [1.807, 2.05) is 14.1 Å². The van der Waals surface area contributed by atoms with Gasteiger partial charge in [0.05, 0.1) is 0 Å². The molecule has 0 spiro atoms. The molecule has 1 aliphatic rings. The normalized spacial score (nSPS) is 14.2. The van der Waals surface area contributed by atoms with Crippen molar-refractivity contribution in [3.63, 3.8) is 0 Å². The molecule has 19 heavy (non-hydrogen) atoms. The molecule has 0 atom stereocenters. The first-order valence-electron chi connectivity index (χ1n) is 6.91. The number of hydrogen-bond donors (Lipinski definition) is 2. The number of carbonyl (C=O) groups excluding carboxylic acids is 1. The molecule has 0 bridgehead atoms. The first-order chi connectivity index (χ1) is 9.15. The fourth-order valence-electron chi connectivity index (χ4n) is 1.88. The lowest BCUT2D eigenvalue weighted by Crippen LogP contribution is -2.28. The molecule has 0 aliphatic heterocycles. The quantitative estimate of drug-likeness (QED) is 0.782. The Morgan fingerprint density at radius 3 is 2.53 bits per heavy atom. The molecule has 2 N–H and O–H groups in total. The van der Waals surface area contributed by atoms with Crippen molar-refractivity contribution in [1.29, 1.82) is 0 Å². The molecular weight excluding hydrogens is 238 g/mol. The minimum atomic E-state index is 0.116. The van der Waals surface area contributed by atoms with Crippen LogP contribution in [0.15, 0.2) is 24.3 Å². The van der Waals surface area contributed by atoms with Gasteiger partial charge in [0, 0.05) is 45.3 Å². The van der Waals surface area contributed by atoms with Gasteiger partial charge >= 0.3 is 0 Å². The van der Waals surface area contributed by atoms with Gasteiger partial charge in [0.15, 0.2) is 0 Å². The van der Waals surface area contributed by atoms with E-state index < -0.39 is 0 Å². The van der Waals surface area contributed by atoms with Crippen LogP contribution in [0.1, 0.15) is 24.8 Å². The van der Waals surface area contributed by atoms with Crippen LogP contribution >= 0.6 is 0 Å². The van der Waals surface area contributed by atoms with Gasteiger partial charge in [-0.3, -0.25) is 4.79 Å². The van der Waals surface area contributed by atoms with Crippen molar-refractivity contribution in [3.8, 4) is 0 Å². The number of nitrogens with zero attached hydrogens (tertiary/aromatic N) is 1. The number of amides is 1. The molecule has 1 aliphatic carbocycles. The molecule has 1 aromatic carbocycles. The van der Waals surface area contributed by atoms with Gasteiger partial charge in [-0.2, -0.15) is 0 Å². The smallest absolute Gasteiger partial charge is 0.221 e. The van der Waals surface area contributed by atoms with Crippen molar-refractivity contribution in [2.24, 2.45) is 0 Å². The Hall–Kier alpha value is -1.55. The summed E-state index contributed by atoms with van der Waals surface area (Å²) in [6.45, 7) is 1.39. The standard InChI is InChI=1S/C15H23N3O/c1-18(2)14-7-3-12(4-8-14)11-17-15(19)9-10-16-13-5-6-13/h3-4,7-8,13,16H,5-6,9-11H2,1-2H3,(H,17,19). The molecule has 2 rings (SSSR count). The second kappa shape index (κ2) is 6.57. The lowest BCUT2D eigenvalue weighted by Gasteiger charge is -2.13. The van der Waals surface area contributed by atoms with E-state index in [9.17, 15) is 4.79 Å². The van der Waals surface area contributed by atoms with Gasteiger partial charge in [0.1, 0.15) is 0 Å². The molecule has 0 unspecified atom stereocenters. The summed E-state index contributed by atoms with van der Waals surface area (Å²) in [7, 11) is 4.04. The zero-order chi connectivity index (χ0) is 13.7. The van der Waals surface area contributed by atoms with Gasteiger partial charge in [0.25, 0.3) is 0 Å². The SMILES string of the molecule is CN(C)c1ccc(CNC(=O)CCNC2CC2)cc1. The van der Waals surface area contributed by atoms with E-state index >= 15 is 0 Å². The number of carbonyl (C=O) groups is 1. The van der Waals surface area contributed by atoms with E-state index in [1.165, 1.54) is 18.5 Å². The maximum Gasteiger partial charge on any atom is 0.221 e. The summed E-state index contributed by atoms with van der Waals surface area (Å²) in [5, 5.41) is 6.29. The van der Waals surface area contributed by atoms with Gasteiger partial charge in [0.2, 0.25) is 5.91 Å². The van der Waals surface area contributed by atoms with E-state index in [1.54, 1.807) is 0 Å². The molecule has 1 fully saturated rings. The first kappa shape index (κ1) is 13.9. The van der Waals surface area contributed by atoms with Crippen molar-refractivity contribution in [2.45, 2.75) is 31.8 Å². The maximum absolute atomic E-state index is 11.6. The van der Waals surface area contributed by atoms with Gasteiger partial charge < -0.3 is 15.5 Å². The Bertz CT molecular complexity index is 410. The number of benzene rings is 1. The third-order valence-corrected chi connectivity index (χ3v) is 3.30.